The number of phenolic OH excluding ortho intramolecular Hbond substituents is 1. The fraction of sp³-hybridized carbons (Fsp3) is 0.467. The number of ketones is 2. The molecule has 1 saturated heterocycles. The number of hydrogen-bond donors (Lipinski definition) is 1. The first-order valence-corrected chi connectivity index (χ1v) is 14.3. The highest BCUT2D eigenvalue weighted by atomic mass is 79.9. The van der Waals surface area contributed by atoms with Crippen molar-refractivity contribution in [1.29, 1.82) is 0 Å². The van der Waals surface area contributed by atoms with Gasteiger partial charge in [-0.1, -0.05) is 37.0 Å². The second kappa shape index (κ2) is 9.63. The summed E-state index contributed by atoms with van der Waals surface area (Å²) in [5.41, 5.74) is 2.42. The molecule has 1 aliphatic heterocycles. The third-order valence-corrected chi connectivity index (χ3v) is 9.51. The highest BCUT2D eigenvalue weighted by Crippen LogP contribution is 2.56. The van der Waals surface area contributed by atoms with Gasteiger partial charge in [0.15, 0.2) is 23.1 Å². The third kappa shape index (κ3) is 3.82. The first-order chi connectivity index (χ1) is 18.3. The van der Waals surface area contributed by atoms with Crippen molar-refractivity contribution in [1.82, 2.24) is 4.90 Å². The number of hydrogen-bond acceptors (Lipinski definition) is 6. The lowest BCUT2D eigenvalue weighted by molar-refractivity contribution is -0.143. The first-order valence-electron chi connectivity index (χ1n) is 13.5. The van der Waals surface area contributed by atoms with Gasteiger partial charge in [0, 0.05) is 29.2 Å². The van der Waals surface area contributed by atoms with Gasteiger partial charge in [-0.25, -0.2) is 0 Å². The molecule has 0 radical (unpaired) electrons. The summed E-state index contributed by atoms with van der Waals surface area (Å²) in [5, 5.41) is 10.3. The normalized spacial score (nSPS) is 29.6. The second-order valence-electron chi connectivity index (χ2n) is 10.9. The van der Waals surface area contributed by atoms with Crippen LogP contribution in [0.3, 0.4) is 0 Å². The van der Waals surface area contributed by atoms with E-state index in [1.54, 1.807) is 17.0 Å². The van der Waals surface area contributed by atoms with Crippen LogP contribution in [0.25, 0.3) is 0 Å². The van der Waals surface area contributed by atoms with Crippen molar-refractivity contribution in [2.45, 2.75) is 63.8 Å². The van der Waals surface area contributed by atoms with E-state index in [1.165, 1.54) is 12.1 Å². The predicted molar refractivity (Wildman–Crippen MR) is 143 cm³/mol. The number of Topliss-reactive ketones (excluding diaryl/α,β-unsaturated/α-hetero) is 1. The van der Waals surface area contributed by atoms with E-state index in [2.05, 4.69) is 15.9 Å². The summed E-state index contributed by atoms with van der Waals surface area (Å²) in [6.45, 7) is 2.17. The average molecular weight is 580 g/mol. The Bertz CT molecular complexity index is 1350. The second-order valence-corrected chi connectivity index (χ2v) is 11.7. The molecular weight excluding hydrogens is 550 g/mol. The number of rotatable bonds is 4. The standard InChI is InChI=1S/C30H30BrNO6/c1-2-38-24-12-15(8-11-22(24)33)25-17-9-10-18-26(30(37)32(29(18)36)16-6-4-3-5-7-16)19(17)13-20-27(25)23(34)14-21(31)28(20)35/h8-9,11-12,14,16,18-19,25-26,33H,2-7,10,13H2,1H3. The van der Waals surface area contributed by atoms with Crippen molar-refractivity contribution >= 4 is 39.3 Å². The number of fused-ring (bicyclic) bond motifs is 3. The molecule has 4 atom stereocenters. The highest BCUT2D eigenvalue weighted by molar-refractivity contribution is 9.12. The van der Waals surface area contributed by atoms with E-state index in [1.807, 2.05) is 13.0 Å². The van der Waals surface area contributed by atoms with E-state index >= 15 is 0 Å². The van der Waals surface area contributed by atoms with Gasteiger partial charge in [-0.05, 0) is 72.2 Å². The van der Waals surface area contributed by atoms with E-state index in [0.717, 1.165) is 37.7 Å². The summed E-state index contributed by atoms with van der Waals surface area (Å²) in [6, 6.07) is 4.94. The van der Waals surface area contributed by atoms with Gasteiger partial charge < -0.3 is 9.84 Å². The third-order valence-electron chi connectivity index (χ3n) is 8.92. The zero-order valence-electron chi connectivity index (χ0n) is 21.2. The van der Waals surface area contributed by atoms with Crippen LogP contribution in [-0.2, 0) is 19.2 Å². The van der Waals surface area contributed by atoms with Gasteiger partial charge in [0.25, 0.3) is 0 Å². The molecule has 0 aromatic heterocycles. The van der Waals surface area contributed by atoms with Crippen molar-refractivity contribution in [2.24, 2.45) is 17.8 Å². The molecule has 8 heteroatoms. The molecule has 4 unspecified atom stereocenters. The molecule has 1 aromatic rings. The summed E-state index contributed by atoms with van der Waals surface area (Å²) in [5.74, 6) is -2.34. The maximum absolute atomic E-state index is 13.9. The molecule has 1 heterocycles. The Hall–Kier alpha value is -3.00. The number of ether oxygens (including phenoxy) is 1. The van der Waals surface area contributed by atoms with Crippen molar-refractivity contribution in [3.05, 3.63) is 57.1 Å². The summed E-state index contributed by atoms with van der Waals surface area (Å²) >= 11 is 3.26. The minimum absolute atomic E-state index is 0.0109. The molecule has 6 rings (SSSR count). The number of halogens is 1. The molecule has 1 saturated carbocycles. The molecular formula is C30H30BrNO6. The van der Waals surface area contributed by atoms with E-state index in [-0.39, 0.29) is 52.0 Å². The summed E-state index contributed by atoms with van der Waals surface area (Å²) < 4.78 is 5.83. The zero-order valence-corrected chi connectivity index (χ0v) is 22.8. The van der Waals surface area contributed by atoms with E-state index in [4.69, 9.17) is 4.74 Å². The van der Waals surface area contributed by atoms with Crippen LogP contribution in [0.15, 0.2) is 51.6 Å². The minimum atomic E-state index is -0.565. The highest BCUT2D eigenvalue weighted by Gasteiger charge is 2.57. The van der Waals surface area contributed by atoms with Gasteiger partial charge in [0.2, 0.25) is 11.8 Å². The van der Waals surface area contributed by atoms with Gasteiger partial charge in [-0.15, -0.1) is 0 Å². The number of likely N-dealkylation sites (tertiary alicyclic amines) is 1. The van der Waals surface area contributed by atoms with E-state index < -0.39 is 17.8 Å². The van der Waals surface area contributed by atoms with Crippen LogP contribution in [0.2, 0.25) is 0 Å². The lowest BCUT2D eigenvalue weighted by Gasteiger charge is -2.42. The molecule has 2 amide bonds. The fourth-order valence-electron chi connectivity index (χ4n) is 7.29. The number of benzene rings is 1. The topological polar surface area (TPSA) is 101 Å². The SMILES string of the molecule is CCOc1cc(C2C3=CCC4C(=O)N(C5CCCCC5)C(=O)C4C3CC3=C2C(=O)C=C(Br)C3=O)ccc1O. The number of carbonyl (C=O) groups is 4. The maximum atomic E-state index is 13.9. The van der Waals surface area contributed by atoms with Gasteiger partial charge in [0.05, 0.1) is 22.9 Å². The quantitative estimate of drug-likeness (QED) is 0.310. The Morgan fingerprint density at radius 1 is 1.05 bits per heavy atom. The lowest BCUT2D eigenvalue weighted by atomic mass is 9.59. The Balaban J connectivity index is 1.46. The Kier molecular flexibility index (Phi) is 6.41. The van der Waals surface area contributed by atoms with Crippen LogP contribution in [0.4, 0.5) is 0 Å². The summed E-state index contributed by atoms with van der Waals surface area (Å²) in [6.07, 6.45) is 8.87. The summed E-state index contributed by atoms with van der Waals surface area (Å²) in [7, 11) is 0. The van der Waals surface area contributed by atoms with Crippen molar-refractivity contribution in [2.75, 3.05) is 6.61 Å². The van der Waals surface area contributed by atoms with Gasteiger partial charge in [-0.3, -0.25) is 24.1 Å². The smallest absolute Gasteiger partial charge is 0.233 e. The van der Waals surface area contributed by atoms with E-state index in [9.17, 15) is 24.3 Å². The van der Waals surface area contributed by atoms with Crippen LogP contribution in [0, 0.1) is 17.8 Å². The molecule has 5 aliphatic rings. The van der Waals surface area contributed by atoms with Crippen LogP contribution < -0.4 is 4.74 Å². The molecule has 1 N–H and O–H groups in total. The molecule has 0 spiro atoms. The monoisotopic (exact) mass is 579 g/mol. The number of allylic oxidation sites excluding steroid dienone is 6. The molecule has 1 aromatic carbocycles. The number of phenols is 1. The number of nitrogens with zero attached hydrogens (tertiary/aromatic N) is 1. The molecule has 38 heavy (non-hydrogen) atoms. The van der Waals surface area contributed by atoms with Crippen LogP contribution in [-0.4, -0.2) is 46.0 Å². The Morgan fingerprint density at radius 2 is 1.82 bits per heavy atom. The number of aromatic hydroxyl groups is 1. The molecule has 0 bridgehead atoms. The average Bonchev–Trinajstić information content (AvgIpc) is 3.17. The summed E-state index contributed by atoms with van der Waals surface area (Å²) in [4.78, 5) is 55.8. The lowest BCUT2D eigenvalue weighted by Crippen LogP contribution is -2.43. The number of amides is 2. The van der Waals surface area contributed by atoms with Gasteiger partial charge in [0.1, 0.15) is 0 Å². The van der Waals surface area contributed by atoms with Crippen molar-refractivity contribution < 1.29 is 29.0 Å². The van der Waals surface area contributed by atoms with Crippen LogP contribution >= 0.6 is 15.9 Å². The van der Waals surface area contributed by atoms with Crippen molar-refractivity contribution in [3.63, 3.8) is 0 Å². The van der Waals surface area contributed by atoms with Crippen molar-refractivity contribution in [3.8, 4) is 11.5 Å². The Labute approximate surface area is 229 Å². The predicted octanol–water partition coefficient (Wildman–Crippen LogP) is 4.89. The molecule has 2 fully saturated rings. The zero-order chi connectivity index (χ0) is 26.7. The fourth-order valence-corrected chi connectivity index (χ4v) is 7.74. The molecule has 7 nitrogen and oxygen atoms in total. The number of carbonyl (C=O) groups excluding carboxylic acids is 4. The van der Waals surface area contributed by atoms with Crippen LogP contribution in [0.1, 0.15) is 63.4 Å². The largest absolute Gasteiger partial charge is 0.504 e. The Morgan fingerprint density at radius 3 is 2.55 bits per heavy atom. The minimum Gasteiger partial charge on any atom is -0.504 e. The number of imide groups is 1. The van der Waals surface area contributed by atoms with Gasteiger partial charge in [-0.2, -0.15) is 0 Å². The van der Waals surface area contributed by atoms with Crippen LogP contribution in [0.5, 0.6) is 11.5 Å². The molecule has 4 aliphatic carbocycles. The first kappa shape index (κ1) is 25.3. The maximum Gasteiger partial charge on any atom is 0.233 e. The van der Waals surface area contributed by atoms with Gasteiger partial charge >= 0.3 is 0 Å². The van der Waals surface area contributed by atoms with E-state index in [0.29, 0.717) is 35.5 Å². The molecule has 198 valence electrons.